The van der Waals surface area contributed by atoms with Crippen molar-refractivity contribution in [2.24, 2.45) is 0 Å². The summed E-state index contributed by atoms with van der Waals surface area (Å²) in [4.78, 5) is 12.6. The Hall–Kier alpha value is -2.79. The monoisotopic (exact) mass is 479 g/mol. The summed E-state index contributed by atoms with van der Waals surface area (Å²) in [5.74, 6) is 0.434. The third-order valence-corrected chi connectivity index (χ3v) is 6.77. The number of nitrogens with two attached hydrogens (primary N) is 1. The fourth-order valence-corrected chi connectivity index (χ4v) is 5.37. The second-order valence-electron chi connectivity index (χ2n) is 7.91. The number of nitrogen functional groups attached to an aromatic ring is 1. The molecule has 11 nitrogen and oxygen atoms in total. The summed E-state index contributed by atoms with van der Waals surface area (Å²) in [6.07, 6.45) is -1.14. The van der Waals surface area contributed by atoms with Crippen LogP contribution < -0.4 is 15.0 Å². The molecule has 5 rings (SSSR count). The van der Waals surface area contributed by atoms with E-state index >= 15 is 4.39 Å². The molecule has 0 bridgehead atoms. The van der Waals surface area contributed by atoms with Crippen LogP contribution in [0.2, 0.25) is 0 Å². The smallest absolute Gasteiger partial charge is 0.476 e. The molecule has 176 valence electrons. The number of para-hydroxylation sites is 1. The number of hydrogen-bond acceptors (Lipinski definition) is 10. The van der Waals surface area contributed by atoms with E-state index in [-0.39, 0.29) is 29.8 Å². The van der Waals surface area contributed by atoms with Crippen LogP contribution in [0.15, 0.2) is 36.7 Å². The number of benzene rings is 1. The highest BCUT2D eigenvalue weighted by Gasteiger charge is 2.62. The quantitative estimate of drug-likeness (QED) is 0.524. The van der Waals surface area contributed by atoms with E-state index in [1.807, 2.05) is 6.92 Å². The molecule has 2 aliphatic heterocycles. The van der Waals surface area contributed by atoms with Crippen molar-refractivity contribution in [1.29, 1.82) is 0 Å². The summed E-state index contributed by atoms with van der Waals surface area (Å²) < 4.78 is 58.5. The van der Waals surface area contributed by atoms with Gasteiger partial charge in [-0.3, -0.25) is 13.6 Å². The zero-order valence-electron chi connectivity index (χ0n) is 18.0. The highest BCUT2D eigenvalue weighted by atomic mass is 31.2. The minimum atomic E-state index is -4.08. The van der Waals surface area contributed by atoms with Gasteiger partial charge in [0.25, 0.3) is 0 Å². The molecular formula is C20H23FN5O6P. The second-order valence-corrected chi connectivity index (χ2v) is 9.46. The van der Waals surface area contributed by atoms with Crippen LogP contribution in [0.5, 0.6) is 11.6 Å². The van der Waals surface area contributed by atoms with Gasteiger partial charge in [0.1, 0.15) is 18.0 Å². The highest BCUT2D eigenvalue weighted by molar-refractivity contribution is 7.49. The molecule has 1 unspecified atom stereocenters. The van der Waals surface area contributed by atoms with Crippen LogP contribution in [-0.2, 0) is 18.3 Å². The SMILES string of the molecule is CCCOc1nc(N)nc2c1ncn2[C@@H]1O[C@@H]2COP(=O)(Oc3ccccc3)O[C@H]2[C@@]1(C)F. The fourth-order valence-electron chi connectivity index (χ4n) is 3.88. The number of rotatable bonds is 6. The van der Waals surface area contributed by atoms with Crippen LogP contribution in [0.25, 0.3) is 11.2 Å². The molecule has 3 aromatic rings. The molecule has 0 aliphatic carbocycles. The van der Waals surface area contributed by atoms with Gasteiger partial charge < -0.3 is 19.7 Å². The van der Waals surface area contributed by atoms with Gasteiger partial charge in [-0.25, -0.2) is 13.9 Å². The Labute approximate surface area is 188 Å². The summed E-state index contributed by atoms with van der Waals surface area (Å²) in [5.41, 5.74) is 4.27. The van der Waals surface area contributed by atoms with E-state index in [9.17, 15) is 4.57 Å². The molecule has 13 heteroatoms. The number of alkyl halides is 1. The van der Waals surface area contributed by atoms with Crippen molar-refractivity contribution in [3.63, 3.8) is 0 Å². The second kappa shape index (κ2) is 8.21. The first kappa shape index (κ1) is 22.0. The summed E-state index contributed by atoms with van der Waals surface area (Å²) >= 11 is 0. The summed E-state index contributed by atoms with van der Waals surface area (Å²) in [7, 11) is -4.08. The molecule has 5 atom stereocenters. The molecule has 2 aromatic heterocycles. The number of nitrogens with zero attached hydrogens (tertiary/aromatic N) is 4. The van der Waals surface area contributed by atoms with E-state index in [0.717, 1.165) is 6.42 Å². The molecule has 33 heavy (non-hydrogen) atoms. The van der Waals surface area contributed by atoms with Gasteiger partial charge in [0.2, 0.25) is 11.8 Å². The normalized spacial score (nSPS) is 31.4. The predicted octanol–water partition coefficient (Wildman–Crippen LogP) is 3.43. The number of hydrogen-bond donors (Lipinski definition) is 1. The molecule has 0 amide bonds. The van der Waals surface area contributed by atoms with Crippen molar-refractivity contribution in [1.82, 2.24) is 19.5 Å². The molecule has 2 aliphatic rings. The number of ether oxygens (including phenoxy) is 2. The lowest BCUT2D eigenvalue weighted by Crippen LogP contribution is -2.45. The van der Waals surface area contributed by atoms with E-state index in [1.165, 1.54) is 17.8 Å². The lowest BCUT2D eigenvalue weighted by molar-refractivity contribution is -0.0655. The van der Waals surface area contributed by atoms with Gasteiger partial charge in [0.15, 0.2) is 23.1 Å². The molecular weight excluding hydrogens is 456 g/mol. The van der Waals surface area contributed by atoms with Crippen molar-refractivity contribution < 1.29 is 32.0 Å². The number of aromatic nitrogens is 4. The molecule has 0 spiro atoms. The van der Waals surface area contributed by atoms with Gasteiger partial charge in [-0.1, -0.05) is 25.1 Å². The number of fused-ring (bicyclic) bond motifs is 2. The molecule has 2 saturated heterocycles. The Morgan fingerprint density at radius 1 is 1.33 bits per heavy atom. The van der Waals surface area contributed by atoms with Crippen LogP contribution in [0.3, 0.4) is 0 Å². The number of phosphoric ester groups is 1. The summed E-state index contributed by atoms with van der Waals surface area (Å²) in [5, 5.41) is 0. The van der Waals surface area contributed by atoms with E-state index in [0.29, 0.717) is 12.1 Å². The van der Waals surface area contributed by atoms with Gasteiger partial charge in [-0.05, 0) is 25.5 Å². The maximum absolute atomic E-state index is 16.2. The number of phosphoric acid groups is 1. The number of anilines is 1. The molecule has 2 fully saturated rings. The Balaban J connectivity index is 1.44. The average Bonchev–Trinajstić information content (AvgIpc) is 3.30. The van der Waals surface area contributed by atoms with Crippen molar-refractivity contribution in [2.45, 2.75) is 44.4 Å². The maximum Gasteiger partial charge on any atom is 0.530 e. The molecule has 0 radical (unpaired) electrons. The number of imidazole rings is 1. The Morgan fingerprint density at radius 3 is 2.88 bits per heavy atom. The van der Waals surface area contributed by atoms with Crippen LogP contribution in [0.4, 0.5) is 10.3 Å². The fraction of sp³-hybridized carbons (Fsp3) is 0.450. The average molecular weight is 479 g/mol. The number of halogens is 1. The maximum atomic E-state index is 16.2. The zero-order valence-corrected chi connectivity index (χ0v) is 18.9. The third kappa shape index (κ3) is 3.93. The van der Waals surface area contributed by atoms with E-state index in [1.54, 1.807) is 30.3 Å². The van der Waals surface area contributed by atoms with Crippen LogP contribution in [-0.4, -0.2) is 50.6 Å². The first-order chi connectivity index (χ1) is 15.8. The minimum absolute atomic E-state index is 0.0494. The van der Waals surface area contributed by atoms with E-state index in [4.69, 9.17) is 28.8 Å². The van der Waals surface area contributed by atoms with Crippen LogP contribution in [0.1, 0.15) is 26.5 Å². The summed E-state index contributed by atoms with van der Waals surface area (Å²) in [6, 6.07) is 8.39. The zero-order chi connectivity index (χ0) is 23.2. The first-order valence-electron chi connectivity index (χ1n) is 10.5. The van der Waals surface area contributed by atoms with Gasteiger partial charge in [0, 0.05) is 0 Å². The van der Waals surface area contributed by atoms with Gasteiger partial charge in [-0.2, -0.15) is 9.97 Å². The first-order valence-corrected chi connectivity index (χ1v) is 11.9. The van der Waals surface area contributed by atoms with Gasteiger partial charge in [0.05, 0.1) is 19.5 Å². The van der Waals surface area contributed by atoms with E-state index < -0.39 is 31.9 Å². The molecule has 0 saturated carbocycles. The van der Waals surface area contributed by atoms with Crippen molar-refractivity contribution >= 4 is 24.9 Å². The largest absolute Gasteiger partial charge is 0.530 e. The van der Waals surface area contributed by atoms with E-state index in [2.05, 4.69) is 15.0 Å². The third-order valence-electron chi connectivity index (χ3n) is 5.38. The van der Waals surface area contributed by atoms with Gasteiger partial charge >= 0.3 is 7.82 Å². The lowest BCUT2D eigenvalue weighted by atomic mass is 9.98. The predicted molar refractivity (Wildman–Crippen MR) is 114 cm³/mol. The highest BCUT2D eigenvalue weighted by Crippen LogP contribution is 2.59. The molecule has 4 heterocycles. The van der Waals surface area contributed by atoms with Gasteiger partial charge in [-0.15, -0.1) is 0 Å². The molecule has 2 N–H and O–H groups in total. The Bertz CT molecular complexity index is 1210. The van der Waals surface area contributed by atoms with Crippen molar-refractivity contribution in [2.75, 3.05) is 18.9 Å². The van der Waals surface area contributed by atoms with Crippen LogP contribution in [0, 0.1) is 0 Å². The minimum Gasteiger partial charge on any atom is -0.476 e. The van der Waals surface area contributed by atoms with Crippen LogP contribution >= 0.6 is 7.82 Å². The lowest BCUT2D eigenvalue weighted by Gasteiger charge is -2.33. The Kier molecular flexibility index (Phi) is 5.48. The molecule has 1 aromatic carbocycles. The summed E-state index contributed by atoms with van der Waals surface area (Å²) in [6.45, 7) is 3.47. The topological polar surface area (TPSA) is 133 Å². The Morgan fingerprint density at radius 2 is 2.12 bits per heavy atom. The van der Waals surface area contributed by atoms with Crippen molar-refractivity contribution in [3.05, 3.63) is 36.7 Å². The standard InChI is InChI=1S/C20H23FN5O6P/c1-3-9-28-17-14-16(24-19(22)25-17)26(11-23-14)18-20(2,21)15-13(30-18)10-29-33(27,32-15)31-12-7-5-4-6-8-12/h4-8,11,13,15,18H,3,9-10H2,1-2H3,(H2,22,24,25)/t13-,15-,18-,20-,33?/m1/s1. The van der Waals surface area contributed by atoms with Crippen molar-refractivity contribution in [3.8, 4) is 11.6 Å².